The number of benzene rings is 1. The first kappa shape index (κ1) is 14.1. The van der Waals surface area contributed by atoms with E-state index >= 15 is 0 Å². The van der Waals surface area contributed by atoms with Crippen molar-refractivity contribution in [2.75, 3.05) is 12.4 Å². The zero-order valence-corrected chi connectivity index (χ0v) is 11.0. The Kier molecular flexibility index (Phi) is 4.04. The molecule has 8 heteroatoms. The van der Waals surface area contributed by atoms with Crippen LogP contribution in [0.5, 0.6) is 0 Å². The third-order valence-electron chi connectivity index (χ3n) is 2.29. The Labute approximate surface area is 116 Å². The molecule has 0 aliphatic carbocycles. The normalized spacial score (nSPS) is 10.2. The molecule has 0 aliphatic rings. The Morgan fingerprint density at radius 3 is 2.75 bits per heavy atom. The van der Waals surface area contributed by atoms with Crippen molar-refractivity contribution < 1.29 is 23.1 Å². The van der Waals surface area contributed by atoms with Crippen molar-refractivity contribution in [2.24, 2.45) is 0 Å². The lowest BCUT2D eigenvalue weighted by atomic mass is 10.2. The SMILES string of the molecule is COC(=O)c1cnc(NC(=O)c2ccc(F)cc2F)s1. The molecule has 0 spiro atoms. The zero-order chi connectivity index (χ0) is 14.7. The summed E-state index contributed by atoms with van der Waals surface area (Å²) in [5.74, 6) is -3.13. The van der Waals surface area contributed by atoms with Gasteiger partial charge in [-0.1, -0.05) is 11.3 Å². The average molecular weight is 298 g/mol. The maximum Gasteiger partial charge on any atom is 0.349 e. The van der Waals surface area contributed by atoms with Crippen molar-refractivity contribution in [1.82, 2.24) is 4.98 Å². The number of thiazole rings is 1. The number of carbonyl (C=O) groups is 2. The first-order chi connectivity index (χ1) is 9.51. The first-order valence-electron chi connectivity index (χ1n) is 5.32. The lowest BCUT2D eigenvalue weighted by Crippen LogP contribution is -2.13. The van der Waals surface area contributed by atoms with E-state index in [1.165, 1.54) is 13.3 Å². The number of hydrogen-bond donors (Lipinski definition) is 1. The van der Waals surface area contributed by atoms with E-state index in [4.69, 9.17) is 0 Å². The molecule has 0 aliphatic heterocycles. The molecule has 1 aromatic carbocycles. The van der Waals surface area contributed by atoms with Crippen LogP contribution in [0.3, 0.4) is 0 Å². The van der Waals surface area contributed by atoms with E-state index in [1.807, 2.05) is 0 Å². The number of aromatic nitrogens is 1. The Hall–Kier alpha value is -2.35. The van der Waals surface area contributed by atoms with Crippen molar-refractivity contribution in [3.05, 3.63) is 46.5 Å². The molecule has 1 amide bonds. The van der Waals surface area contributed by atoms with E-state index in [9.17, 15) is 18.4 Å². The molecule has 1 N–H and O–H groups in total. The summed E-state index contributed by atoms with van der Waals surface area (Å²) in [4.78, 5) is 27.0. The van der Waals surface area contributed by atoms with Crippen molar-refractivity contribution in [1.29, 1.82) is 0 Å². The summed E-state index contributed by atoms with van der Waals surface area (Å²) in [6.07, 6.45) is 1.23. The highest BCUT2D eigenvalue weighted by Crippen LogP contribution is 2.20. The number of hydrogen-bond acceptors (Lipinski definition) is 5. The topological polar surface area (TPSA) is 68.3 Å². The highest BCUT2D eigenvalue weighted by Gasteiger charge is 2.16. The van der Waals surface area contributed by atoms with Gasteiger partial charge in [-0.15, -0.1) is 0 Å². The predicted octanol–water partition coefficient (Wildman–Crippen LogP) is 2.46. The van der Waals surface area contributed by atoms with E-state index < -0.39 is 23.5 Å². The zero-order valence-electron chi connectivity index (χ0n) is 10.1. The van der Waals surface area contributed by atoms with Crippen LogP contribution < -0.4 is 5.32 Å². The number of nitrogens with zero attached hydrogens (tertiary/aromatic N) is 1. The van der Waals surface area contributed by atoms with Gasteiger partial charge in [0.05, 0.1) is 18.9 Å². The van der Waals surface area contributed by atoms with Crippen molar-refractivity contribution in [3.8, 4) is 0 Å². The minimum atomic E-state index is -0.979. The molecule has 2 rings (SSSR count). The van der Waals surface area contributed by atoms with E-state index in [0.717, 1.165) is 23.5 Å². The van der Waals surface area contributed by atoms with Gasteiger partial charge in [0, 0.05) is 6.07 Å². The molecule has 1 heterocycles. The van der Waals surface area contributed by atoms with Crippen molar-refractivity contribution in [3.63, 3.8) is 0 Å². The molecule has 0 fully saturated rings. The van der Waals surface area contributed by atoms with Crippen LogP contribution in [0.1, 0.15) is 20.0 Å². The van der Waals surface area contributed by atoms with Gasteiger partial charge < -0.3 is 4.74 Å². The van der Waals surface area contributed by atoms with Gasteiger partial charge in [-0.2, -0.15) is 0 Å². The Balaban J connectivity index is 2.15. The van der Waals surface area contributed by atoms with Gasteiger partial charge in [0.25, 0.3) is 5.91 Å². The highest BCUT2D eigenvalue weighted by molar-refractivity contribution is 7.17. The molecule has 0 radical (unpaired) electrons. The number of ether oxygens (including phenoxy) is 1. The number of amides is 1. The van der Waals surface area contributed by atoms with Crippen LogP contribution in [0.25, 0.3) is 0 Å². The van der Waals surface area contributed by atoms with Gasteiger partial charge in [0.1, 0.15) is 16.5 Å². The van der Waals surface area contributed by atoms with Crippen molar-refractivity contribution in [2.45, 2.75) is 0 Å². The number of halogens is 2. The summed E-state index contributed by atoms with van der Waals surface area (Å²) in [6, 6.07) is 2.60. The van der Waals surface area contributed by atoms with Gasteiger partial charge in [-0.3, -0.25) is 10.1 Å². The Morgan fingerprint density at radius 2 is 2.10 bits per heavy atom. The van der Waals surface area contributed by atoms with Crippen LogP contribution in [-0.2, 0) is 4.74 Å². The number of nitrogens with one attached hydrogen (secondary N) is 1. The molecule has 1 aromatic heterocycles. The third kappa shape index (κ3) is 2.97. The van der Waals surface area contributed by atoms with Crippen LogP contribution >= 0.6 is 11.3 Å². The van der Waals surface area contributed by atoms with Gasteiger partial charge in [0.15, 0.2) is 5.13 Å². The first-order valence-corrected chi connectivity index (χ1v) is 6.13. The van der Waals surface area contributed by atoms with Crippen LogP contribution in [0.2, 0.25) is 0 Å². The molecule has 0 atom stereocenters. The molecule has 20 heavy (non-hydrogen) atoms. The molecular formula is C12H8F2N2O3S. The van der Waals surface area contributed by atoms with Crippen LogP contribution in [-0.4, -0.2) is 24.0 Å². The molecule has 5 nitrogen and oxygen atoms in total. The summed E-state index contributed by atoms with van der Waals surface area (Å²) in [7, 11) is 1.22. The fraction of sp³-hybridized carbons (Fsp3) is 0.0833. The number of methoxy groups -OCH3 is 1. The highest BCUT2D eigenvalue weighted by atomic mass is 32.1. The maximum absolute atomic E-state index is 13.4. The summed E-state index contributed by atoms with van der Waals surface area (Å²) < 4.78 is 30.6. The molecule has 0 saturated heterocycles. The average Bonchev–Trinajstić information content (AvgIpc) is 2.86. The number of esters is 1. The number of anilines is 1. The lowest BCUT2D eigenvalue weighted by molar-refractivity contribution is 0.0606. The van der Waals surface area contributed by atoms with Gasteiger partial charge in [0.2, 0.25) is 0 Å². The third-order valence-corrected chi connectivity index (χ3v) is 3.18. The molecule has 104 valence electrons. The molecular weight excluding hydrogens is 290 g/mol. The standard InChI is InChI=1S/C12H8F2N2O3S/c1-19-11(18)9-5-15-12(20-9)16-10(17)7-3-2-6(13)4-8(7)14/h2-5H,1H3,(H,15,16,17). The van der Waals surface area contributed by atoms with Gasteiger partial charge in [-0.25, -0.2) is 18.6 Å². The van der Waals surface area contributed by atoms with E-state index in [1.54, 1.807) is 0 Å². The molecule has 0 bridgehead atoms. The predicted molar refractivity (Wildman–Crippen MR) is 67.8 cm³/mol. The Bertz CT molecular complexity index is 672. The van der Waals surface area contributed by atoms with E-state index in [0.29, 0.717) is 6.07 Å². The second-order valence-electron chi connectivity index (χ2n) is 3.60. The van der Waals surface area contributed by atoms with Gasteiger partial charge in [-0.05, 0) is 12.1 Å². The summed E-state index contributed by atoms with van der Waals surface area (Å²) >= 11 is 0.883. The number of carbonyl (C=O) groups excluding carboxylic acids is 2. The fourth-order valence-electron chi connectivity index (χ4n) is 1.36. The van der Waals surface area contributed by atoms with Crippen LogP contribution in [0, 0.1) is 11.6 Å². The lowest BCUT2D eigenvalue weighted by Gasteiger charge is -2.02. The monoisotopic (exact) mass is 298 g/mol. The summed E-state index contributed by atoms with van der Waals surface area (Å²) in [6.45, 7) is 0. The van der Waals surface area contributed by atoms with E-state index in [2.05, 4.69) is 15.0 Å². The second-order valence-corrected chi connectivity index (χ2v) is 4.63. The maximum atomic E-state index is 13.4. The molecule has 2 aromatic rings. The molecule has 0 unspecified atom stereocenters. The minimum absolute atomic E-state index is 0.110. The largest absolute Gasteiger partial charge is 0.465 e. The van der Waals surface area contributed by atoms with E-state index in [-0.39, 0.29) is 15.6 Å². The molecule has 0 saturated carbocycles. The summed E-state index contributed by atoms with van der Waals surface area (Å²) in [5.41, 5.74) is -0.318. The Morgan fingerprint density at radius 1 is 1.35 bits per heavy atom. The quantitative estimate of drug-likeness (QED) is 0.884. The minimum Gasteiger partial charge on any atom is -0.465 e. The number of rotatable bonds is 3. The fourth-order valence-corrected chi connectivity index (χ4v) is 2.09. The van der Waals surface area contributed by atoms with Crippen LogP contribution in [0.4, 0.5) is 13.9 Å². The second kappa shape index (κ2) is 5.74. The summed E-state index contributed by atoms with van der Waals surface area (Å²) in [5, 5.41) is 2.43. The van der Waals surface area contributed by atoms with Crippen LogP contribution in [0.15, 0.2) is 24.4 Å². The van der Waals surface area contributed by atoms with Crippen molar-refractivity contribution >= 4 is 28.3 Å². The smallest absolute Gasteiger partial charge is 0.349 e. The van der Waals surface area contributed by atoms with Gasteiger partial charge >= 0.3 is 5.97 Å².